The minimum Gasteiger partial charge on any atom is -0.347 e. The van der Waals surface area contributed by atoms with Gasteiger partial charge in [0.2, 0.25) is 0 Å². The van der Waals surface area contributed by atoms with E-state index in [0.717, 1.165) is 32.2 Å². The van der Waals surface area contributed by atoms with Crippen molar-refractivity contribution in [1.82, 2.24) is 10.2 Å². The third-order valence-electron chi connectivity index (χ3n) is 6.08. The van der Waals surface area contributed by atoms with Gasteiger partial charge in [-0.05, 0) is 25.3 Å². The molecule has 4 rings (SSSR count). The summed E-state index contributed by atoms with van der Waals surface area (Å²) >= 11 is 0. The molecular weight excluding hydrogens is 316 g/mol. The molecule has 1 N–H and O–H groups in total. The molecule has 5 nitrogen and oxygen atoms in total. The normalized spacial score (nSPS) is 27.1. The van der Waals surface area contributed by atoms with Crippen molar-refractivity contribution in [3.05, 3.63) is 35.9 Å². The van der Waals surface area contributed by atoms with Gasteiger partial charge in [-0.15, -0.1) is 0 Å². The zero-order valence-corrected chi connectivity index (χ0v) is 15.0. The summed E-state index contributed by atoms with van der Waals surface area (Å²) in [5, 5.41) is 3.19. The molecule has 5 heteroatoms. The number of ether oxygens (including phenoxy) is 2. The van der Waals surface area contributed by atoms with Crippen LogP contribution in [-0.4, -0.2) is 49.1 Å². The maximum absolute atomic E-state index is 12.6. The van der Waals surface area contributed by atoms with Gasteiger partial charge in [0.15, 0.2) is 5.79 Å². The number of rotatable bonds is 3. The number of amides is 2. The second-order valence-corrected chi connectivity index (χ2v) is 7.80. The van der Waals surface area contributed by atoms with Gasteiger partial charge in [-0.1, -0.05) is 36.8 Å². The van der Waals surface area contributed by atoms with Gasteiger partial charge in [0, 0.05) is 37.9 Å². The van der Waals surface area contributed by atoms with Crippen LogP contribution in [0.4, 0.5) is 4.79 Å². The Morgan fingerprint density at radius 2 is 1.92 bits per heavy atom. The summed E-state index contributed by atoms with van der Waals surface area (Å²) in [5.41, 5.74) is 1.47. The van der Waals surface area contributed by atoms with E-state index < -0.39 is 5.79 Å². The fraction of sp³-hybridized carbons (Fsp3) is 0.650. The lowest BCUT2D eigenvalue weighted by molar-refractivity contribution is -0.189. The third kappa shape index (κ3) is 3.27. The molecule has 3 aliphatic rings. The summed E-state index contributed by atoms with van der Waals surface area (Å²) in [4.78, 5) is 14.5. The summed E-state index contributed by atoms with van der Waals surface area (Å²) in [6.07, 6.45) is 5.22. The lowest BCUT2D eigenvalue weighted by atomic mass is 9.64. The Labute approximate surface area is 149 Å². The number of urea groups is 1. The zero-order valence-electron chi connectivity index (χ0n) is 15.0. The zero-order chi connectivity index (χ0) is 17.3. The molecule has 25 heavy (non-hydrogen) atoms. The van der Waals surface area contributed by atoms with Gasteiger partial charge in [-0.2, -0.15) is 0 Å². The fourth-order valence-corrected chi connectivity index (χ4v) is 4.34. The lowest BCUT2D eigenvalue weighted by Gasteiger charge is -2.43. The van der Waals surface area contributed by atoms with E-state index in [9.17, 15) is 4.79 Å². The molecule has 1 aliphatic carbocycles. The predicted octanol–water partition coefficient (Wildman–Crippen LogP) is 3.05. The first-order chi connectivity index (χ1) is 12.1. The number of carbonyl (C=O) groups is 1. The first-order valence-corrected chi connectivity index (χ1v) is 9.51. The molecule has 1 aromatic carbocycles. The van der Waals surface area contributed by atoms with E-state index in [4.69, 9.17) is 9.47 Å². The highest BCUT2D eigenvalue weighted by Crippen LogP contribution is 2.43. The average Bonchev–Trinajstić information content (AvgIpc) is 2.96. The number of likely N-dealkylation sites (tertiary alicyclic amines) is 1. The fourth-order valence-electron chi connectivity index (χ4n) is 4.34. The van der Waals surface area contributed by atoms with Crippen LogP contribution in [0.15, 0.2) is 30.3 Å². The first kappa shape index (κ1) is 16.9. The Balaban J connectivity index is 1.31. The molecule has 2 amide bonds. The van der Waals surface area contributed by atoms with Gasteiger partial charge in [-0.3, -0.25) is 0 Å². The Bertz CT molecular complexity index is 607. The number of hydrogen-bond donors (Lipinski definition) is 1. The van der Waals surface area contributed by atoms with Crippen molar-refractivity contribution < 1.29 is 14.3 Å². The van der Waals surface area contributed by atoms with E-state index in [0.29, 0.717) is 19.7 Å². The summed E-state index contributed by atoms with van der Waals surface area (Å²) in [6, 6.07) is 10.6. The van der Waals surface area contributed by atoms with Crippen LogP contribution in [0.3, 0.4) is 0 Å². The molecule has 1 atom stereocenters. The van der Waals surface area contributed by atoms with Crippen LogP contribution in [0.1, 0.15) is 44.6 Å². The van der Waals surface area contributed by atoms with E-state index >= 15 is 0 Å². The molecule has 2 aliphatic heterocycles. The molecule has 2 heterocycles. The van der Waals surface area contributed by atoms with Crippen molar-refractivity contribution in [2.75, 3.05) is 26.2 Å². The molecular formula is C20H28N2O3. The SMILES string of the molecule is C[C@H]1COC2(CCN(C(=O)NCC3(c4ccccc4)CCC3)CC2)O1. The van der Waals surface area contributed by atoms with Gasteiger partial charge in [0.05, 0.1) is 12.7 Å². The molecule has 0 aromatic heterocycles. The number of nitrogens with zero attached hydrogens (tertiary/aromatic N) is 1. The Morgan fingerprint density at radius 3 is 2.48 bits per heavy atom. The summed E-state index contributed by atoms with van der Waals surface area (Å²) < 4.78 is 11.8. The number of nitrogens with one attached hydrogen (secondary N) is 1. The molecule has 1 aromatic rings. The highest BCUT2D eigenvalue weighted by atomic mass is 16.7. The lowest BCUT2D eigenvalue weighted by Crippen LogP contribution is -2.53. The average molecular weight is 344 g/mol. The molecule has 2 saturated heterocycles. The number of carbonyl (C=O) groups excluding carboxylic acids is 1. The van der Waals surface area contributed by atoms with Crippen molar-refractivity contribution in [1.29, 1.82) is 0 Å². The highest BCUT2D eigenvalue weighted by Gasteiger charge is 2.44. The van der Waals surface area contributed by atoms with Crippen molar-refractivity contribution in [2.45, 2.75) is 56.3 Å². The predicted molar refractivity (Wildman–Crippen MR) is 95.4 cm³/mol. The minimum atomic E-state index is -0.449. The van der Waals surface area contributed by atoms with Crippen LogP contribution >= 0.6 is 0 Å². The van der Waals surface area contributed by atoms with Crippen LogP contribution < -0.4 is 5.32 Å². The number of hydrogen-bond acceptors (Lipinski definition) is 3. The van der Waals surface area contributed by atoms with Gasteiger partial charge in [0.1, 0.15) is 0 Å². The maximum atomic E-state index is 12.6. The van der Waals surface area contributed by atoms with Crippen molar-refractivity contribution in [2.24, 2.45) is 0 Å². The quantitative estimate of drug-likeness (QED) is 0.917. The Kier molecular flexibility index (Phi) is 4.46. The largest absolute Gasteiger partial charge is 0.347 e. The molecule has 1 spiro atoms. The van der Waals surface area contributed by atoms with Crippen LogP contribution in [-0.2, 0) is 14.9 Å². The van der Waals surface area contributed by atoms with E-state index in [1.165, 1.54) is 12.0 Å². The topological polar surface area (TPSA) is 50.8 Å². The molecule has 0 unspecified atom stereocenters. The van der Waals surface area contributed by atoms with E-state index in [-0.39, 0.29) is 17.6 Å². The van der Waals surface area contributed by atoms with Crippen molar-refractivity contribution in [3.8, 4) is 0 Å². The standard InChI is InChI=1S/C20H28N2O3/c1-16-14-24-20(25-16)10-12-22(13-11-20)18(23)21-15-19(8-5-9-19)17-6-3-2-4-7-17/h2-4,6-7,16H,5,8-15H2,1H3,(H,21,23)/t16-/m0/s1. The molecule has 3 fully saturated rings. The number of benzene rings is 1. The second kappa shape index (κ2) is 6.61. The third-order valence-corrected chi connectivity index (χ3v) is 6.08. The molecule has 0 radical (unpaired) electrons. The van der Waals surface area contributed by atoms with Crippen LogP contribution in [0, 0.1) is 0 Å². The van der Waals surface area contributed by atoms with Crippen LogP contribution in [0.25, 0.3) is 0 Å². The van der Waals surface area contributed by atoms with Gasteiger partial charge < -0.3 is 19.7 Å². The summed E-state index contributed by atoms with van der Waals surface area (Å²) in [5.74, 6) is -0.449. The van der Waals surface area contributed by atoms with Crippen LogP contribution in [0.2, 0.25) is 0 Å². The summed E-state index contributed by atoms with van der Waals surface area (Å²) in [6.45, 7) is 4.80. The first-order valence-electron chi connectivity index (χ1n) is 9.51. The van der Waals surface area contributed by atoms with E-state index in [2.05, 4.69) is 29.6 Å². The van der Waals surface area contributed by atoms with Gasteiger partial charge in [0.25, 0.3) is 0 Å². The van der Waals surface area contributed by atoms with Gasteiger partial charge in [-0.25, -0.2) is 4.79 Å². The Morgan fingerprint density at radius 1 is 1.20 bits per heavy atom. The van der Waals surface area contributed by atoms with Crippen molar-refractivity contribution in [3.63, 3.8) is 0 Å². The maximum Gasteiger partial charge on any atom is 0.317 e. The van der Waals surface area contributed by atoms with E-state index in [1.807, 2.05) is 17.9 Å². The highest BCUT2D eigenvalue weighted by molar-refractivity contribution is 5.74. The van der Waals surface area contributed by atoms with Crippen LogP contribution in [0.5, 0.6) is 0 Å². The molecule has 0 bridgehead atoms. The minimum absolute atomic E-state index is 0.0445. The van der Waals surface area contributed by atoms with E-state index in [1.54, 1.807) is 0 Å². The monoisotopic (exact) mass is 344 g/mol. The van der Waals surface area contributed by atoms with Crippen molar-refractivity contribution >= 4 is 6.03 Å². The molecule has 136 valence electrons. The summed E-state index contributed by atoms with van der Waals surface area (Å²) in [7, 11) is 0. The smallest absolute Gasteiger partial charge is 0.317 e. The Hall–Kier alpha value is -1.59. The van der Waals surface area contributed by atoms with Gasteiger partial charge >= 0.3 is 6.03 Å². The number of piperidine rings is 1. The second-order valence-electron chi connectivity index (χ2n) is 7.80. The molecule has 1 saturated carbocycles.